The second kappa shape index (κ2) is 18.3. The summed E-state index contributed by atoms with van der Waals surface area (Å²) in [5.74, 6) is -1.42. The fraction of sp³-hybridized carbons (Fsp3) is 0.500. The van der Waals surface area contributed by atoms with Gasteiger partial charge in [0.15, 0.2) is 0 Å². The standard InChI is InChI=1S/C38H49BFN5O8S/c1-23(2)16-31(42-36(48)30(41-22-46)10-15-54-5)38(50)53-34-9-6-25(17-24(34)3)21-52-37(49)28-20-45(26-7-8-26)32-19-29(40)33(18-27(32)35(28)47)43-11-13-44(14-12-43)39(4)51/h6,9,17-20,22-23,26,30-31,51H,7-8,10-16,21H2,1-5H3,(H,41,46)(H,42,48). The van der Waals surface area contributed by atoms with E-state index in [1.165, 1.54) is 30.1 Å². The van der Waals surface area contributed by atoms with Crippen molar-refractivity contribution in [1.82, 2.24) is 20.0 Å². The van der Waals surface area contributed by atoms with Crippen LogP contribution in [0.5, 0.6) is 5.75 Å². The Kier molecular flexibility index (Phi) is 13.8. The Labute approximate surface area is 319 Å². The van der Waals surface area contributed by atoms with Crippen molar-refractivity contribution in [3.8, 4) is 5.75 Å². The van der Waals surface area contributed by atoms with Crippen molar-refractivity contribution >= 4 is 59.7 Å². The number of nitrogens with one attached hydrogen (secondary N) is 2. The SMILES string of the molecule is CSCCC(NC=O)C(=O)NC(CC(C)C)C(=O)Oc1ccc(COC(=O)c2cn(C3CC3)c3cc(F)c(N4CCN(B(C)O)CC4)cc3c2=O)cc1C. The number of anilines is 1. The minimum Gasteiger partial charge on any atom is -0.457 e. The molecule has 2 atom stereocenters. The van der Waals surface area contributed by atoms with Crippen LogP contribution in [0.4, 0.5) is 10.1 Å². The Morgan fingerprint density at radius 3 is 2.44 bits per heavy atom. The third-order valence-electron chi connectivity index (χ3n) is 9.77. The quantitative estimate of drug-likeness (QED) is 0.0797. The summed E-state index contributed by atoms with van der Waals surface area (Å²) in [5, 5.41) is 15.4. The largest absolute Gasteiger partial charge is 0.457 e. The van der Waals surface area contributed by atoms with Gasteiger partial charge in [-0.2, -0.15) is 11.8 Å². The predicted octanol–water partition coefficient (Wildman–Crippen LogP) is 3.68. The van der Waals surface area contributed by atoms with E-state index in [2.05, 4.69) is 10.6 Å². The number of pyridine rings is 1. The first kappa shape index (κ1) is 40.8. The number of thioether (sulfide) groups is 1. The number of halogens is 1. The lowest BCUT2D eigenvalue weighted by Gasteiger charge is -2.36. The number of carbonyl (C=O) groups is 4. The highest BCUT2D eigenvalue weighted by Crippen LogP contribution is 2.38. The van der Waals surface area contributed by atoms with Gasteiger partial charge in [0.05, 0.1) is 11.2 Å². The number of hydrogen-bond donors (Lipinski definition) is 3. The third-order valence-corrected chi connectivity index (χ3v) is 10.4. The number of piperazine rings is 1. The molecule has 1 aromatic heterocycles. The molecule has 1 saturated carbocycles. The molecule has 2 heterocycles. The van der Waals surface area contributed by atoms with Gasteiger partial charge in [0.2, 0.25) is 17.7 Å². The topological polar surface area (TPSA) is 160 Å². The number of aromatic nitrogens is 1. The van der Waals surface area contributed by atoms with Crippen molar-refractivity contribution in [1.29, 1.82) is 0 Å². The summed E-state index contributed by atoms with van der Waals surface area (Å²) in [6, 6.07) is 6.12. The number of rotatable bonds is 17. The molecule has 0 spiro atoms. The normalized spacial score (nSPS) is 15.8. The number of esters is 2. The summed E-state index contributed by atoms with van der Waals surface area (Å²) in [7, 11) is -0.609. The summed E-state index contributed by atoms with van der Waals surface area (Å²) in [5.41, 5.74) is 1.18. The van der Waals surface area contributed by atoms with E-state index < -0.39 is 48.2 Å². The molecule has 2 aliphatic rings. The molecule has 2 aromatic carbocycles. The predicted molar refractivity (Wildman–Crippen MR) is 207 cm³/mol. The Bertz CT molecular complexity index is 1910. The van der Waals surface area contributed by atoms with Crippen LogP contribution in [0.1, 0.15) is 67.1 Å². The zero-order valence-electron chi connectivity index (χ0n) is 31.4. The second-order valence-corrected chi connectivity index (χ2v) is 15.4. The number of amides is 2. The molecule has 1 aliphatic heterocycles. The van der Waals surface area contributed by atoms with E-state index in [-0.39, 0.29) is 41.0 Å². The minimum atomic E-state index is -0.947. The zero-order valence-corrected chi connectivity index (χ0v) is 32.2. The van der Waals surface area contributed by atoms with E-state index in [9.17, 15) is 29.0 Å². The van der Waals surface area contributed by atoms with E-state index in [1.54, 1.807) is 36.5 Å². The van der Waals surface area contributed by atoms with Crippen LogP contribution in [-0.4, -0.2) is 96.0 Å². The van der Waals surface area contributed by atoms with Crippen LogP contribution >= 0.6 is 11.8 Å². The molecule has 5 rings (SSSR count). The van der Waals surface area contributed by atoms with Crippen LogP contribution in [0.2, 0.25) is 6.82 Å². The van der Waals surface area contributed by atoms with Gasteiger partial charge in [0, 0.05) is 49.9 Å². The summed E-state index contributed by atoms with van der Waals surface area (Å²) in [6.07, 6.45) is 6.24. The first-order valence-electron chi connectivity index (χ1n) is 18.3. The molecule has 0 bridgehead atoms. The number of benzene rings is 2. The zero-order chi connectivity index (χ0) is 39.1. The van der Waals surface area contributed by atoms with Crippen molar-refractivity contribution < 1.29 is 38.1 Å². The smallest absolute Gasteiger partial charge is 0.376 e. The maximum atomic E-state index is 15.5. The monoisotopic (exact) mass is 765 g/mol. The van der Waals surface area contributed by atoms with Crippen molar-refractivity contribution in [2.45, 2.75) is 78.0 Å². The number of nitrogens with zero attached hydrogens (tertiary/aromatic N) is 3. The van der Waals surface area contributed by atoms with Crippen LogP contribution in [-0.2, 0) is 25.7 Å². The molecular weight excluding hydrogens is 716 g/mol. The van der Waals surface area contributed by atoms with Gasteiger partial charge >= 0.3 is 19.0 Å². The number of aryl methyl sites for hydroxylation is 1. The summed E-state index contributed by atoms with van der Waals surface area (Å²) < 4.78 is 28.6. The van der Waals surface area contributed by atoms with Gasteiger partial charge in [0.1, 0.15) is 35.8 Å². The first-order chi connectivity index (χ1) is 25.8. The third kappa shape index (κ3) is 10.0. The average molecular weight is 766 g/mol. The van der Waals surface area contributed by atoms with Gasteiger partial charge in [-0.15, -0.1) is 0 Å². The molecule has 0 radical (unpaired) electrons. The average Bonchev–Trinajstić information content (AvgIpc) is 3.98. The number of carbonyl (C=O) groups excluding carboxylic acids is 4. The minimum absolute atomic E-state index is 0.0421. The van der Waals surface area contributed by atoms with E-state index in [4.69, 9.17) is 9.47 Å². The van der Waals surface area contributed by atoms with Gasteiger partial charge in [-0.05, 0) is 86.7 Å². The Morgan fingerprint density at radius 1 is 1.11 bits per heavy atom. The van der Waals surface area contributed by atoms with E-state index in [0.717, 1.165) is 12.8 Å². The van der Waals surface area contributed by atoms with Crippen LogP contribution in [0, 0.1) is 18.7 Å². The highest BCUT2D eigenvalue weighted by Gasteiger charge is 2.31. The molecule has 16 heteroatoms. The Morgan fingerprint density at radius 2 is 1.83 bits per heavy atom. The lowest BCUT2D eigenvalue weighted by atomic mass is 9.84. The van der Waals surface area contributed by atoms with Gasteiger partial charge in [0.25, 0.3) is 0 Å². The molecule has 2 unspecified atom stereocenters. The molecule has 3 N–H and O–H groups in total. The van der Waals surface area contributed by atoms with Crippen molar-refractivity contribution in [2.24, 2.45) is 5.92 Å². The first-order valence-corrected chi connectivity index (χ1v) is 19.7. The van der Waals surface area contributed by atoms with Gasteiger partial charge in [-0.3, -0.25) is 14.4 Å². The van der Waals surface area contributed by atoms with E-state index in [0.29, 0.717) is 67.8 Å². The maximum absolute atomic E-state index is 15.5. The van der Waals surface area contributed by atoms with Crippen molar-refractivity contribution in [3.05, 3.63) is 69.3 Å². The Balaban J connectivity index is 1.28. The van der Waals surface area contributed by atoms with Gasteiger partial charge in [-0.1, -0.05) is 19.9 Å². The van der Waals surface area contributed by atoms with E-state index in [1.807, 2.05) is 29.8 Å². The summed E-state index contributed by atoms with van der Waals surface area (Å²) in [6.45, 7) is 9.11. The van der Waals surface area contributed by atoms with Crippen LogP contribution < -0.4 is 25.7 Å². The van der Waals surface area contributed by atoms with Crippen LogP contribution in [0.3, 0.4) is 0 Å². The van der Waals surface area contributed by atoms with E-state index >= 15 is 4.39 Å². The molecule has 54 heavy (non-hydrogen) atoms. The molecule has 13 nitrogen and oxygen atoms in total. The van der Waals surface area contributed by atoms with Crippen molar-refractivity contribution in [3.63, 3.8) is 0 Å². The Hall–Kier alpha value is -4.41. The van der Waals surface area contributed by atoms with Gasteiger partial charge in [-0.25, -0.2) is 14.0 Å². The fourth-order valence-corrected chi connectivity index (χ4v) is 7.10. The summed E-state index contributed by atoms with van der Waals surface area (Å²) >= 11 is 1.54. The highest BCUT2D eigenvalue weighted by molar-refractivity contribution is 7.98. The number of fused-ring (bicyclic) bond motifs is 1. The molecule has 3 aromatic rings. The molecular formula is C38H49BFN5O8S. The number of hydrogen-bond acceptors (Lipinski definition) is 11. The summed E-state index contributed by atoms with van der Waals surface area (Å²) in [4.78, 5) is 68.3. The van der Waals surface area contributed by atoms with Crippen molar-refractivity contribution in [2.75, 3.05) is 43.1 Å². The highest BCUT2D eigenvalue weighted by atomic mass is 32.2. The van der Waals surface area contributed by atoms with Crippen LogP contribution in [0.25, 0.3) is 10.9 Å². The number of ether oxygens (including phenoxy) is 2. The molecule has 290 valence electrons. The lowest BCUT2D eigenvalue weighted by molar-refractivity contribution is -0.140. The fourth-order valence-electron chi connectivity index (χ4n) is 6.63. The maximum Gasteiger partial charge on any atom is 0.376 e. The lowest BCUT2D eigenvalue weighted by Crippen LogP contribution is -2.51. The van der Waals surface area contributed by atoms with Gasteiger partial charge < -0.3 is 39.4 Å². The van der Waals surface area contributed by atoms with Crippen LogP contribution in [0.15, 0.2) is 41.3 Å². The molecule has 1 saturated heterocycles. The molecule has 2 fully saturated rings. The molecule has 2 amide bonds. The second-order valence-electron chi connectivity index (χ2n) is 14.4. The molecule has 1 aliphatic carbocycles.